The first-order chi connectivity index (χ1) is 15.0. The summed E-state index contributed by atoms with van der Waals surface area (Å²) in [6.07, 6.45) is 6.07. The van der Waals surface area contributed by atoms with Crippen LogP contribution >= 0.6 is 11.8 Å². The number of carbonyl (C=O) groups is 2. The summed E-state index contributed by atoms with van der Waals surface area (Å²) in [5, 5.41) is 3.20. The van der Waals surface area contributed by atoms with Gasteiger partial charge in [-0.2, -0.15) is 0 Å². The Morgan fingerprint density at radius 3 is 2.52 bits per heavy atom. The molecule has 0 bridgehead atoms. The van der Waals surface area contributed by atoms with E-state index < -0.39 is 6.04 Å². The lowest BCUT2D eigenvalue weighted by Gasteiger charge is -2.31. The minimum absolute atomic E-state index is 0.0243. The van der Waals surface area contributed by atoms with E-state index in [1.165, 1.54) is 19.3 Å². The number of nitrogens with one attached hydrogen (secondary N) is 1. The maximum absolute atomic E-state index is 13.2. The lowest BCUT2D eigenvalue weighted by molar-refractivity contribution is -0.140. The van der Waals surface area contributed by atoms with Crippen molar-refractivity contribution in [1.82, 2.24) is 10.2 Å². The molecule has 0 spiro atoms. The zero-order valence-corrected chi connectivity index (χ0v) is 19.5. The number of hydrogen-bond donors (Lipinski definition) is 1. The first-order valence-corrected chi connectivity index (χ1v) is 12.3. The van der Waals surface area contributed by atoms with Crippen molar-refractivity contribution in [3.05, 3.63) is 65.7 Å². The molecule has 2 aromatic rings. The maximum atomic E-state index is 13.2. The smallest absolute Gasteiger partial charge is 0.242 e. The predicted molar refractivity (Wildman–Crippen MR) is 128 cm³/mol. The average molecular weight is 439 g/mol. The molecule has 1 atom stereocenters. The van der Waals surface area contributed by atoms with Gasteiger partial charge in [-0.1, -0.05) is 67.3 Å². The number of rotatable bonds is 9. The molecule has 2 amide bonds. The van der Waals surface area contributed by atoms with Gasteiger partial charge in [0.15, 0.2) is 0 Å². The summed E-state index contributed by atoms with van der Waals surface area (Å²) < 4.78 is 0. The van der Waals surface area contributed by atoms with E-state index in [9.17, 15) is 9.59 Å². The van der Waals surface area contributed by atoms with Crippen LogP contribution in [-0.2, 0) is 16.1 Å². The second-order valence-corrected chi connectivity index (χ2v) is 9.61. The van der Waals surface area contributed by atoms with E-state index in [1.807, 2.05) is 50.2 Å². The fraction of sp³-hybridized carbons (Fsp3) is 0.462. The lowest BCUT2D eigenvalue weighted by Crippen LogP contribution is -2.50. The molecule has 5 heteroatoms. The Labute approximate surface area is 190 Å². The molecule has 1 fully saturated rings. The molecule has 0 heterocycles. The molecular formula is C26H34N2O2S. The summed E-state index contributed by atoms with van der Waals surface area (Å²) in [6, 6.07) is 18.0. The molecule has 0 unspecified atom stereocenters. The lowest BCUT2D eigenvalue weighted by atomic mass is 9.95. The van der Waals surface area contributed by atoms with Crippen molar-refractivity contribution in [3.63, 3.8) is 0 Å². The van der Waals surface area contributed by atoms with Crippen molar-refractivity contribution in [2.45, 2.75) is 75.9 Å². The third kappa shape index (κ3) is 7.42. The van der Waals surface area contributed by atoms with Gasteiger partial charge in [-0.25, -0.2) is 0 Å². The van der Waals surface area contributed by atoms with Crippen molar-refractivity contribution >= 4 is 23.6 Å². The van der Waals surface area contributed by atoms with Crippen LogP contribution in [0.5, 0.6) is 0 Å². The van der Waals surface area contributed by atoms with Crippen LogP contribution in [0, 0.1) is 6.92 Å². The summed E-state index contributed by atoms with van der Waals surface area (Å²) in [5.41, 5.74) is 2.21. The van der Waals surface area contributed by atoms with E-state index in [0.29, 0.717) is 18.7 Å². The highest BCUT2D eigenvalue weighted by molar-refractivity contribution is 7.99. The predicted octanol–water partition coefficient (Wildman–Crippen LogP) is 5.34. The third-order valence-corrected chi connectivity index (χ3v) is 6.90. The van der Waals surface area contributed by atoms with Crippen molar-refractivity contribution in [2.75, 3.05) is 5.75 Å². The summed E-state index contributed by atoms with van der Waals surface area (Å²) in [7, 11) is 0. The Kier molecular flexibility index (Phi) is 9.01. The molecular weight excluding hydrogens is 404 g/mol. The van der Waals surface area contributed by atoms with E-state index in [-0.39, 0.29) is 17.9 Å². The third-order valence-electron chi connectivity index (χ3n) is 5.88. The topological polar surface area (TPSA) is 49.4 Å². The van der Waals surface area contributed by atoms with Gasteiger partial charge in [0.05, 0.1) is 0 Å². The Morgan fingerprint density at radius 1 is 1.06 bits per heavy atom. The van der Waals surface area contributed by atoms with E-state index >= 15 is 0 Å². The number of nitrogens with zero attached hydrogens (tertiary/aromatic N) is 1. The van der Waals surface area contributed by atoms with Crippen LogP contribution in [0.3, 0.4) is 0 Å². The van der Waals surface area contributed by atoms with Gasteiger partial charge in [-0.05, 0) is 44.4 Å². The number of benzene rings is 2. The molecule has 0 aromatic heterocycles. The molecule has 1 aliphatic carbocycles. The average Bonchev–Trinajstić information content (AvgIpc) is 2.78. The largest absolute Gasteiger partial charge is 0.352 e. The zero-order valence-electron chi connectivity index (χ0n) is 18.7. The highest BCUT2D eigenvalue weighted by Crippen LogP contribution is 2.21. The Balaban J connectivity index is 1.65. The normalized spacial score (nSPS) is 15.3. The van der Waals surface area contributed by atoms with Crippen LogP contribution in [0.25, 0.3) is 0 Å². The van der Waals surface area contributed by atoms with Crippen LogP contribution in [0.2, 0.25) is 0 Å². The molecule has 166 valence electrons. The second-order valence-electron chi connectivity index (χ2n) is 8.44. The summed E-state index contributed by atoms with van der Waals surface area (Å²) in [4.78, 5) is 29.1. The van der Waals surface area contributed by atoms with E-state index in [1.54, 1.807) is 16.7 Å². The summed E-state index contributed by atoms with van der Waals surface area (Å²) >= 11 is 1.68. The molecule has 1 aliphatic rings. The number of thioether (sulfide) groups is 1. The Bertz CT molecular complexity index is 849. The van der Waals surface area contributed by atoms with Gasteiger partial charge in [0.25, 0.3) is 0 Å². The molecule has 0 saturated heterocycles. The highest BCUT2D eigenvalue weighted by Gasteiger charge is 2.27. The van der Waals surface area contributed by atoms with Gasteiger partial charge >= 0.3 is 0 Å². The summed E-state index contributed by atoms with van der Waals surface area (Å²) in [6.45, 7) is 4.36. The quantitative estimate of drug-likeness (QED) is 0.537. The minimum Gasteiger partial charge on any atom is -0.352 e. The highest BCUT2D eigenvalue weighted by atomic mass is 32.2. The van der Waals surface area contributed by atoms with Crippen LogP contribution < -0.4 is 5.32 Å². The fourth-order valence-electron chi connectivity index (χ4n) is 4.08. The maximum Gasteiger partial charge on any atom is 0.242 e. The fourth-order valence-corrected chi connectivity index (χ4v) is 4.94. The van der Waals surface area contributed by atoms with Crippen LogP contribution in [-0.4, -0.2) is 34.6 Å². The van der Waals surface area contributed by atoms with Crippen molar-refractivity contribution in [3.8, 4) is 0 Å². The van der Waals surface area contributed by atoms with E-state index in [2.05, 4.69) is 23.5 Å². The van der Waals surface area contributed by atoms with E-state index in [4.69, 9.17) is 0 Å². The van der Waals surface area contributed by atoms with Gasteiger partial charge < -0.3 is 10.2 Å². The molecule has 1 saturated carbocycles. The van der Waals surface area contributed by atoms with E-state index in [0.717, 1.165) is 28.9 Å². The molecule has 31 heavy (non-hydrogen) atoms. The molecule has 0 radical (unpaired) electrons. The number of carbonyl (C=O) groups excluding carboxylic acids is 2. The van der Waals surface area contributed by atoms with Gasteiger partial charge in [0.2, 0.25) is 11.8 Å². The standard InChI is InChI=1S/C26H34N2O2S/c1-20-10-9-11-22(18-20)19-28(21(2)26(30)27-23-12-5-3-6-13-23)25(29)16-17-31-24-14-7-4-8-15-24/h4,7-11,14-15,18,21,23H,3,5-6,12-13,16-17,19H2,1-2H3,(H,27,30)/t21-/m0/s1. The van der Waals surface area contributed by atoms with Gasteiger partial charge in [0, 0.05) is 29.7 Å². The summed E-state index contributed by atoms with van der Waals surface area (Å²) in [5.74, 6) is 0.685. The molecule has 4 nitrogen and oxygen atoms in total. The van der Waals surface area contributed by atoms with Crippen molar-refractivity contribution < 1.29 is 9.59 Å². The van der Waals surface area contributed by atoms with Crippen molar-refractivity contribution in [1.29, 1.82) is 0 Å². The molecule has 2 aromatic carbocycles. The van der Waals surface area contributed by atoms with Gasteiger partial charge in [0.1, 0.15) is 6.04 Å². The molecule has 3 rings (SSSR count). The number of amides is 2. The monoisotopic (exact) mass is 438 g/mol. The first-order valence-electron chi connectivity index (χ1n) is 11.4. The van der Waals surface area contributed by atoms with Gasteiger partial charge in [-0.15, -0.1) is 11.8 Å². The molecule has 1 N–H and O–H groups in total. The Morgan fingerprint density at radius 2 is 1.81 bits per heavy atom. The Hall–Kier alpha value is -2.27. The first kappa shape index (κ1) is 23.4. The number of aryl methyl sites for hydroxylation is 1. The van der Waals surface area contributed by atoms with Crippen LogP contribution in [0.1, 0.15) is 56.6 Å². The SMILES string of the molecule is Cc1cccc(CN(C(=O)CCSc2ccccc2)[C@@H](C)C(=O)NC2CCCCC2)c1. The van der Waals surface area contributed by atoms with Gasteiger partial charge in [-0.3, -0.25) is 9.59 Å². The number of hydrogen-bond acceptors (Lipinski definition) is 3. The molecule has 0 aliphatic heterocycles. The second kappa shape index (κ2) is 11.9. The van der Waals surface area contributed by atoms with Crippen LogP contribution in [0.15, 0.2) is 59.5 Å². The van der Waals surface area contributed by atoms with Crippen molar-refractivity contribution in [2.24, 2.45) is 0 Å². The van der Waals surface area contributed by atoms with Crippen LogP contribution in [0.4, 0.5) is 0 Å². The zero-order chi connectivity index (χ0) is 22.1. The minimum atomic E-state index is -0.489.